The Morgan fingerprint density at radius 1 is 0.642 bits per heavy atom. The van der Waals surface area contributed by atoms with E-state index in [1.807, 2.05) is 0 Å². The summed E-state index contributed by atoms with van der Waals surface area (Å²) >= 11 is 23.7. The maximum atomic E-state index is 10.9. The molecule has 6 rings (SSSR count). The van der Waals surface area contributed by atoms with E-state index in [9.17, 15) is 14.7 Å². The lowest BCUT2D eigenvalue weighted by atomic mass is 10.0. The summed E-state index contributed by atoms with van der Waals surface area (Å²) in [6.45, 7) is -0.569. The minimum atomic E-state index is -1.55. The van der Waals surface area contributed by atoms with Crippen molar-refractivity contribution >= 4 is 80.5 Å². The molecule has 280 valence electrons. The third kappa shape index (κ3) is 11.1. The fraction of sp³-hybridized carbons (Fsp3) is 0.200. The lowest BCUT2D eigenvalue weighted by molar-refractivity contribution is -0.113. The Labute approximate surface area is 320 Å². The van der Waals surface area contributed by atoms with E-state index in [2.05, 4.69) is 15.3 Å². The molecule has 18 heteroatoms. The number of rotatable bonds is 10. The van der Waals surface area contributed by atoms with Gasteiger partial charge in [-0.25, -0.2) is 19.6 Å². The molecule has 0 spiro atoms. The van der Waals surface area contributed by atoms with Crippen molar-refractivity contribution in [2.45, 2.75) is 24.4 Å². The number of oxazole rings is 2. The van der Waals surface area contributed by atoms with Crippen molar-refractivity contribution < 1.29 is 54.2 Å². The van der Waals surface area contributed by atoms with Crippen molar-refractivity contribution in [3.63, 3.8) is 0 Å². The van der Waals surface area contributed by atoms with Crippen LogP contribution < -0.4 is 5.32 Å². The number of nitrogens with zero attached hydrogens (tertiary/aromatic N) is 2. The minimum Gasteiger partial charge on any atom is -0.478 e. The van der Waals surface area contributed by atoms with Gasteiger partial charge in [-0.2, -0.15) is 0 Å². The lowest BCUT2D eigenvalue weighted by Gasteiger charge is -2.25. The predicted molar refractivity (Wildman–Crippen MR) is 198 cm³/mol. The molecule has 0 radical (unpaired) electrons. The number of hydrogen-bond acceptors (Lipinski definition) is 12. The molecule has 2 aromatic heterocycles. The van der Waals surface area contributed by atoms with Gasteiger partial charge >= 0.3 is 11.9 Å². The Balaban J connectivity index is 0.000000183. The van der Waals surface area contributed by atoms with Crippen LogP contribution in [-0.2, 0) is 0 Å². The number of benzene rings is 4. The van der Waals surface area contributed by atoms with Gasteiger partial charge in [0.25, 0.3) is 0 Å². The monoisotopic (exact) mass is 809 g/mol. The number of aliphatic hydroxyl groups is 5. The SMILES string of the molecule is CNC[C@H](O)[C@@H](O)[C@H](O)[C@H](O)CO.O=C(O)c1ccc2nc(-c3cc(Cl)cc(Cl)c3)oc2c1.O=C(O)c1ccc2nc(-c3cc(Cl)cc(Cl)c3)oc2c1. The molecule has 6 aromatic rings. The van der Waals surface area contributed by atoms with Gasteiger partial charge in [0, 0.05) is 37.8 Å². The normalized spacial score (nSPS) is 13.3. The molecule has 4 atom stereocenters. The van der Waals surface area contributed by atoms with Crippen LogP contribution in [-0.4, -0.2) is 102 Å². The average Bonchev–Trinajstić information content (AvgIpc) is 3.74. The first-order valence-electron chi connectivity index (χ1n) is 15.3. The smallest absolute Gasteiger partial charge is 0.335 e. The van der Waals surface area contributed by atoms with Gasteiger partial charge in [0.05, 0.1) is 23.8 Å². The number of carboxylic acids is 2. The van der Waals surface area contributed by atoms with Crippen LogP contribution in [0.25, 0.3) is 45.1 Å². The predicted octanol–water partition coefficient (Wildman–Crippen LogP) is 5.64. The number of hydrogen-bond donors (Lipinski definition) is 8. The third-order valence-electron chi connectivity index (χ3n) is 7.23. The first-order chi connectivity index (χ1) is 25.1. The number of carbonyl (C=O) groups is 2. The van der Waals surface area contributed by atoms with E-state index in [0.29, 0.717) is 65.2 Å². The summed E-state index contributed by atoms with van der Waals surface area (Å²) < 4.78 is 11.1. The van der Waals surface area contributed by atoms with Gasteiger partial charge in [-0.1, -0.05) is 46.4 Å². The number of aromatic nitrogens is 2. The Kier molecular flexibility index (Phi) is 14.6. The molecule has 0 bridgehead atoms. The number of halogens is 4. The van der Waals surface area contributed by atoms with Crippen LogP contribution in [0.2, 0.25) is 20.1 Å². The van der Waals surface area contributed by atoms with Gasteiger partial charge in [-0.05, 0) is 79.8 Å². The minimum absolute atomic E-state index is 0.0936. The van der Waals surface area contributed by atoms with Gasteiger partial charge in [-0.3, -0.25) is 0 Å². The second-order valence-corrected chi connectivity index (χ2v) is 12.9. The maximum absolute atomic E-state index is 10.9. The van der Waals surface area contributed by atoms with Crippen molar-refractivity contribution in [3.05, 3.63) is 104 Å². The van der Waals surface area contributed by atoms with Crippen LogP contribution in [0.4, 0.5) is 0 Å². The summed E-state index contributed by atoms with van der Waals surface area (Å²) in [6.07, 6.45) is -5.65. The van der Waals surface area contributed by atoms with E-state index in [-0.39, 0.29) is 17.7 Å². The summed E-state index contributed by atoms with van der Waals surface area (Å²) in [5.74, 6) is -1.36. The second kappa shape index (κ2) is 18.6. The molecule has 14 nitrogen and oxygen atoms in total. The highest BCUT2D eigenvalue weighted by atomic mass is 35.5. The molecule has 8 N–H and O–H groups in total. The Bertz CT molecular complexity index is 2030. The molecule has 0 aliphatic heterocycles. The zero-order valence-electron chi connectivity index (χ0n) is 27.3. The van der Waals surface area contributed by atoms with E-state index in [0.717, 1.165) is 0 Å². The zero-order chi connectivity index (χ0) is 39.0. The second-order valence-electron chi connectivity index (χ2n) is 11.2. The molecule has 0 fully saturated rings. The summed E-state index contributed by atoms with van der Waals surface area (Å²) in [7, 11) is 1.57. The topological polar surface area (TPSA) is 240 Å². The highest BCUT2D eigenvalue weighted by molar-refractivity contribution is 6.35. The van der Waals surface area contributed by atoms with Gasteiger partial charge in [-0.15, -0.1) is 0 Å². The van der Waals surface area contributed by atoms with E-state index in [4.69, 9.17) is 85.9 Å². The van der Waals surface area contributed by atoms with Gasteiger partial charge < -0.3 is 49.9 Å². The van der Waals surface area contributed by atoms with Crippen LogP contribution in [0.1, 0.15) is 20.7 Å². The highest BCUT2D eigenvalue weighted by Crippen LogP contribution is 2.31. The maximum Gasteiger partial charge on any atom is 0.335 e. The molecule has 4 aromatic carbocycles. The number of aliphatic hydroxyl groups excluding tert-OH is 5. The van der Waals surface area contributed by atoms with Crippen LogP contribution in [0.15, 0.2) is 81.6 Å². The molecule has 0 saturated heterocycles. The largest absolute Gasteiger partial charge is 0.478 e. The van der Waals surface area contributed by atoms with Crippen LogP contribution >= 0.6 is 46.4 Å². The van der Waals surface area contributed by atoms with Crippen LogP contribution in [0.3, 0.4) is 0 Å². The lowest BCUT2D eigenvalue weighted by Crippen LogP contribution is -2.48. The van der Waals surface area contributed by atoms with Crippen molar-refractivity contribution in [3.8, 4) is 22.9 Å². The fourth-order valence-corrected chi connectivity index (χ4v) is 5.66. The van der Waals surface area contributed by atoms with Crippen molar-refractivity contribution in [1.29, 1.82) is 0 Å². The molecular formula is C35H31Cl4N3O11. The standard InChI is InChI=1S/2C14H7Cl2NO3.C7H17NO5/c2*15-9-3-8(4-10(16)6-9)13-17-11-2-1-7(14(18)19)5-12(11)20-13;1-8-2-4(10)6(12)7(13)5(11)3-9/h2*1-6H,(H,18,19);4-13H,2-3H2,1H3/t;;4-,5+,6+,7+/m..0/s1. The molecule has 0 aliphatic carbocycles. The third-order valence-corrected chi connectivity index (χ3v) is 8.10. The highest BCUT2D eigenvalue weighted by Gasteiger charge is 2.29. The molecule has 2 heterocycles. The van der Waals surface area contributed by atoms with E-state index < -0.39 is 43.0 Å². The molecule has 0 aliphatic rings. The van der Waals surface area contributed by atoms with Crippen molar-refractivity contribution in [2.75, 3.05) is 20.2 Å². The van der Waals surface area contributed by atoms with E-state index in [1.165, 1.54) is 24.3 Å². The first kappa shape index (κ1) is 41.4. The summed E-state index contributed by atoms with van der Waals surface area (Å²) in [4.78, 5) is 30.4. The van der Waals surface area contributed by atoms with Crippen LogP contribution in [0.5, 0.6) is 0 Å². The van der Waals surface area contributed by atoms with Crippen molar-refractivity contribution in [1.82, 2.24) is 15.3 Å². The zero-order valence-corrected chi connectivity index (χ0v) is 30.3. The Morgan fingerprint density at radius 3 is 1.36 bits per heavy atom. The number of likely N-dealkylation sites (N-methyl/N-ethyl adjacent to an activating group) is 1. The fourth-order valence-electron chi connectivity index (χ4n) is 4.61. The molecule has 53 heavy (non-hydrogen) atoms. The van der Waals surface area contributed by atoms with Gasteiger partial charge in [0.2, 0.25) is 11.8 Å². The van der Waals surface area contributed by atoms with Gasteiger partial charge in [0.15, 0.2) is 11.2 Å². The first-order valence-corrected chi connectivity index (χ1v) is 16.8. The molecule has 0 unspecified atom stereocenters. The summed E-state index contributed by atoms with van der Waals surface area (Å²) in [5, 5.41) is 67.3. The average molecular weight is 811 g/mol. The number of aromatic carboxylic acids is 2. The van der Waals surface area contributed by atoms with Gasteiger partial charge in [0.1, 0.15) is 29.3 Å². The number of fused-ring (bicyclic) bond motifs is 2. The molecule has 0 saturated carbocycles. The quantitative estimate of drug-likeness (QED) is 0.0836. The molecule has 0 amide bonds. The Morgan fingerprint density at radius 2 is 1.02 bits per heavy atom. The number of nitrogens with one attached hydrogen (secondary N) is 1. The van der Waals surface area contributed by atoms with Crippen LogP contribution in [0, 0.1) is 0 Å². The van der Waals surface area contributed by atoms with E-state index in [1.54, 1.807) is 55.6 Å². The number of carboxylic acid groups (broad SMARTS) is 2. The Hall–Kier alpha value is -4.32. The van der Waals surface area contributed by atoms with Crippen molar-refractivity contribution in [2.24, 2.45) is 0 Å². The summed E-state index contributed by atoms with van der Waals surface area (Å²) in [5.41, 5.74) is 3.49. The van der Waals surface area contributed by atoms with E-state index >= 15 is 0 Å². The summed E-state index contributed by atoms with van der Waals surface area (Å²) in [6, 6.07) is 18.9. The molecular weight excluding hydrogens is 780 g/mol.